The summed E-state index contributed by atoms with van der Waals surface area (Å²) in [5.74, 6) is 0.198. The highest BCUT2D eigenvalue weighted by atomic mass is 16.3. The van der Waals surface area contributed by atoms with Gasteiger partial charge in [-0.2, -0.15) is 0 Å². The maximum Gasteiger partial charge on any atom is 0.197 e. The SMILES string of the molecule is CCCc1oc2cc(CCCCO)ccc2c1C(=O)c1cc(N)c(O)c(N)c1. The first kappa shape index (κ1) is 19.8. The van der Waals surface area contributed by atoms with Gasteiger partial charge in [-0.25, -0.2) is 0 Å². The third kappa shape index (κ3) is 3.82. The summed E-state index contributed by atoms with van der Waals surface area (Å²) in [4.78, 5) is 13.2. The molecule has 0 radical (unpaired) electrons. The van der Waals surface area contributed by atoms with Gasteiger partial charge in [0, 0.05) is 24.0 Å². The number of nitrogen functional groups attached to an aromatic ring is 2. The average Bonchev–Trinajstić information content (AvgIpc) is 3.02. The summed E-state index contributed by atoms with van der Waals surface area (Å²) in [7, 11) is 0. The van der Waals surface area contributed by atoms with E-state index in [-0.39, 0.29) is 29.5 Å². The molecule has 0 saturated heterocycles. The summed E-state index contributed by atoms with van der Waals surface area (Å²) in [5.41, 5.74) is 14.3. The second kappa shape index (κ2) is 8.35. The molecule has 28 heavy (non-hydrogen) atoms. The number of fused-ring (bicyclic) bond motifs is 1. The van der Waals surface area contributed by atoms with Gasteiger partial charge in [0.05, 0.1) is 16.9 Å². The summed E-state index contributed by atoms with van der Waals surface area (Å²) < 4.78 is 6.03. The van der Waals surface area contributed by atoms with Crippen LogP contribution in [0.1, 0.15) is 53.4 Å². The molecule has 1 heterocycles. The second-order valence-electron chi connectivity index (χ2n) is 6.99. The lowest BCUT2D eigenvalue weighted by molar-refractivity contribution is 0.103. The molecule has 0 saturated carbocycles. The fraction of sp³-hybridized carbons (Fsp3) is 0.318. The Morgan fingerprint density at radius 2 is 1.79 bits per heavy atom. The predicted molar refractivity (Wildman–Crippen MR) is 111 cm³/mol. The van der Waals surface area contributed by atoms with Gasteiger partial charge in [-0.1, -0.05) is 19.1 Å². The van der Waals surface area contributed by atoms with Crippen LogP contribution in [0.3, 0.4) is 0 Å². The number of aliphatic hydroxyl groups excluding tert-OH is 1. The number of hydrogen-bond donors (Lipinski definition) is 4. The van der Waals surface area contributed by atoms with Gasteiger partial charge in [-0.3, -0.25) is 4.79 Å². The maximum atomic E-state index is 13.2. The van der Waals surface area contributed by atoms with Crippen molar-refractivity contribution in [3.05, 3.63) is 52.8 Å². The molecule has 3 rings (SSSR count). The number of furan rings is 1. The van der Waals surface area contributed by atoms with E-state index in [2.05, 4.69) is 0 Å². The van der Waals surface area contributed by atoms with Gasteiger partial charge in [0.25, 0.3) is 0 Å². The highest BCUT2D eigenvalue weighted by molar-refractivity contribution is 6.17. The Kier molecular flexibility index (Phi) is 5.90. The number of ketones is 1. The van der Waals surface area contributed by atoms with Crippen LogP contribution in [0.2, 0.25) is 0 Å². The fourth-order valence-electron chi connectivity index (χ4n) is 3.40. The minimum atomic E-state index is -0.228. The molecule has 6 heteroatoms. The summed E-state index contributed by atoms with van der Waals surface area (Å²) in [6, 6.07) is 8.73. The standard InChI is InChI=1S/C22H26N2O4/c1-2-5-18-20(21(26)14-11-16(23)22(27)17(24)12-14)15-8-7-13(6-3-4-9-25)10-19(15)28-18/h7-8,10-12,25,27H,2-6,9,23-24H2,1H3. The lowest BCUT2D eigenvalue weighted by Gasteiger charge is -2.07. The Morgan fingerprint density at radius 1 is 1.07 bits per heavy atom. The molecule has 3 aromatic rings. The van der Waals surface area contributed by atoms with E-state index >= 15 is 0 Å². The first-order valence-electron chi connectivity index (χ1n) is 9.54. The van der Waals surface area contributed by atoms with Crippen LogP contribution < -0.4 is 11.5 Å². The van der Waals surface area contributed by atoms with Crippen LogP contribution in [0, 0.1) is 0 Å². The smallest absolute Gasteiger partial charge is 0.197 e. The van der Waals surface area contributed by atoms with Crippen molar-refractivity contribution in [2.75, 3.05) is 18.1 Å². The molecule has 6 N–H and O–H groups in total. The topological polar surface area (TPSA) is 123 Å². The van der Waals surface area contributed by atoms with Gasteiger partial charge < -0.3 is 26.1 Å². The lowest BCUT2D eigenvalue weighted by atomic mass is 9.96. The summed E-state index contributed by atoms with van der Waals surface area (Å²) >= 11 is 0. The van der Waals surface area contributed by atoms with Gasteiger partial charge in [0.2, 0.25) is 0 Å². The highest BCUT2D eigenvalue weighted by Crippen LogP contribution is 2.34. The van der Waals surface area contributed by atoms with Gasteiger partial charge in [0.15, 0.2) is 11.5 Å². The highest BCUT2D eigenvalue weighted by Gasteiger charge is 2.23. The number of phenols is 1. The number of carbonyl (C=O) groups excluding carboxylic acids is 1. The molecule has 0 amide bonds. The van der Waals surface area contributed by atoms with E-state index in [9.17, 15) is 9.90 Å². The number of aliphatic hydroxyl groups is 1. The van der Waals surface area contributed by atoms with Crippen molar-refractivity contribution in [3.8, 4) is 5.75 Å². The molecule has 0 aliphatic carbocycles. The number of nitrogens with two attached hydrogens (primary N) is 2. The summed E-state index contributed by atoms with van der Waals surface area (Å²) in [6.07, 6.45) is 3.96. The van der Waals surface area contributed by atoms with E-state index in [1.54, 1.807) is 0 Å². The predicted octanol–water partition coefficient (Wildman–Crippen LogP) is 3.80. The van der Waals surface area contributed by atoms with Crippen LogP contribution in [0.5, 0.6) is 5.75 Å². The van der Waals surface area contributed by atoms with Crippen molar-refractivity contribution in [1.82, 2.24) is 0 Å². The molecule has 0 aliphatic heterocycles. The van der Waals surface area contributed by atoms with E-state index in [4.69, 9.17) is 21.0 Å². The average molecular weight is 382 g/mol. The number of phenolic OH excluding ortho intramolecular Hbond substituents is 1. The third-order valence-electron chi connectivity index (χ3n) is 4.84. The van der Waals surface area contributed by atoms with E-state index in [0.29, 0.717) is 28.9 Å². The number of anilines is 2. The van der Waals surface area contributed by atoms with Gasteiger partial charge in [-0.15, -0.1) is 0 Å². The van der Waals surface area contributed by atoms with Crippen LogP contribution >= 0.6 is 0 Å². The number of aromatic hydroxyl groups is 1. The van der Waals surface area contributed by atoms with Gasteiger partial charge in [0.1, 0.15) is 11.3 Å². The largest absolute Gasteiger partial charge is 0.504 e. The zero-order valence-corrected chi connectivity index (χ0v) is 16.0. The normalized spacial score (nSPS) is 11.2. The van der Waals surface area contributed by atoms with Crippen molar-refractivity contribution >= 4 is 28.1 Å². The van der Waals surface area contributed by atoms with Crippen LogP contribution in [0.25, 0.3) is 11.0 Å². The Balaban J connectivity index is 2.05. The minimum Gasteiger partial charge on any atom is -0.504 e. The molecule has 6 nitrogen and oxygen atoms in total. The molecular weight excluding hydrogens is 356 g/mol. The first-order chi connectivity index (χ1) is 13.5. The molecule has 0 fully saturated rings. The number of carbonyl (C=O) groups is 1. The zero-order chi connectivity index (χ0) is 20.3. The lowest BCUT2D eigenvalue weighted by Crippen LogP contribution is -2.06. The number of benzene rings is 2. The molecule has 2 aromatic carbocycles. The van der Waals surface area contributed by atoms with Crippen molar-refractivity contribution in [1.29, 1.82) is 0 Å². The summed E-state index contributed by atoms with van der Waals surface area (Å²) in [5, 5.41) is 19.5. The second-order valence-corrected chi connectivity index (χ2v) is 6.99. The van der Waals surface area contributed by atoms with E-state index in [1.165, 1.54) is 12.1 Å². The molecule has 0 bridgehead atoms. The van der Waals surface area contributed by atoms with Crippen LogP contribution in [-0.2, 0) is 12.8 Å². The Bertz CT molecular complexity index is 984. The fourth-order valence-corrected chi connectivity index (χ4v) is 3.40. The molecule has 0 aliphatic rings. The first-order valence-corrected chi connectivity index (χ1v) is 9.54. The van der Waals surface area contributed by atoms with Crippen molar-refractivity contribution < 1.29 is 19.4 Å². The molecule has 0 unspecified atom stereocenters. The Morgan fingerprint density at radius 3 is 2.43 bits per heavy atom. The van der Waals surface area contributed by atoms with E-state index in [0.717, 1.165) is 36.6 Å². The zero-order valence-electron chi connectivity index (χ0n) is 16.0. The van der Waals surface area contributed by atoms with Gasteiger partial charge >= 0.3 is 0 Å². The van der Waals surface area contributed by atoms with Crippen molar-refractivity contribution in [2.45, 2.75) is 39.0 Å². The van der Waals surface area contributed by atoms with Crippen LogP contribution in [0.4, 0.5) is 11.4 Å². The molecule has 0 spiro atoms. The number of aryl methyl sites for hydroxylation is 2. The summed E-state index contributed by atoms with van der Waals surface area (Å²) in [6.45, 7) is 2.21. The maximum absolute atomic E-state index is 13.2. The van der Waals surface area contributed by atoms with Crippen molar-refractivity contribution in [2.24, 2.45) is 0 Å². The quantitative estimate of drug-likeness (QED) is 0.203. The molecule has 0 atom stereocenters. The van der Waals surface area contributed by atoms with Gasteiger partial charge in [-0.05, 0) is 49.4 Å². The Labute approximate surface area is 163 Å². The molecular formula is C22H26N2O4. The number of unbranched alkanes of at least 4 members (excludes halogenated alkanes) is 1. The van der Waals surface area contributed by atoms with E-state index in [1.807, 2.05) is 25.1 Å². The Hall–Kier alpha value is -2.99. The number of rotatable bonds is 8. The minimum absolute atomic E-state index is 0.0689. The third-order valence-corrected chi connectivity index (χ3v) is 4.84. The van der Waals surface area contributed by atoms with Crippen molar-refractivity contribution in [3.63, 3.8) is 0 Å². The molecule has 1 aromatic heterocycles. The van der Waals surface area contributed by atoms with Crippen LogP contribution in [0.15, 0.2) is 34.7 Å². The van der Waals surface area contributed by atoms with E-state index < -0.39 is 0 Å². The monoisotopic (exact) mass is 382 g/mol. The number of hydrogen-bond acceptors (Lipinski definition) is 6. The molecule has 148 valence electrons. The van der Waals surface area contributed by atoms with Crippen LogP contribution in [-0.4, -0.2) is 22.6 Å².